The maximum atomic E-state index is 6.74. The van der Waals surface area contributed by atoms with Crippen LogP contribution in [0, 0.1) is 3.57 Å². The Morgan fingerprint density at radius 3 is 2.00 bits per heavy atom. The van der Waals surface area contributed by atoms with Gasteiger partial charge in [0.2, 0.25) is 0 Å². The second-order valence-corrected chi connectivity index (χ2v) is 11.3. The molecule has 3 atom stereocenters. The Labute approximate surface area is 238 Å². The molecule has 0 saturated carbocycles. The molecule has 3 unspecified atom stereocenters. The lowest BCUT2D eigenvalue weighted by molar-refractivity contribution is -0.106. The maximum Gasteiger partial charge on any atom is 0.199 e. The summed E-state index contributed by atoms with van der Waals surface area (Å²) in [6.07, 6.45) is 5.74. The van der Waals surface area contributed by atoms with Gasteiger partial charge in [0.25, 0.3) is 0 Å². The third-order valence-corrected chi connectivity index (χ3v) is 8.14. The van der Waals surface area contributed by atoms with Gasteiger partial charge in [-0.15, -0.1) is 0 Å². The molecule has 0 radical (unpaired) electrons. The van der Waals surface area contributed by atoms with Gasteiger partial charge in [-0.2, -0.15) is 0 Å². The van der Waals surface area contributed by atoms with Crippen LogP contribution >= 0.6 is 22.6 Å². The van der Waals surface area contributed by atoms with Crippen molar-refractivity contribution in [3.63, 3.8) is 0 Å². The van der Waals surface area contributed by atoms with Gasteiger partial charge in [0.05, 0.1) is 13.2 Å². The van der Waals surface area contributed by atoms with E-state index >= 15 is 0 Å². The molecule has 6 rings (SSSR count). The van der Waals surface area contributed by atoms with Gasteiger partial charge in [-0.25, -0.2) is 0 Å². The number of hydrogen-bond acceptors (Lipinski definition) is 5. The van der Waals surface area contributed by atoms with Gasteiger partial charge in [-0.05, 0) is 108 Å². The predicted molar refractivity (Wildman–Crippen MR) is 156 cm³/mol. The normalized spacial score (nSPS) is 23.4. The van der Waals surface area contributed by atoms with Crippen LogP contribution in [0.25, 0.3) is 11.1 Å². The number of halogens is 1. The second kappa shape index (κ2) is 11.7. The fourth-order valence-electron chi connectivity index (χ4n) is 5.38. The van der Waals surface area contributed by atoms with Crippen LogP contribution < -0.4 is 14.2 Å². The van der Waals surface area contributed by atoms with Crippen molar-refractivity contribution in [1.82, 2.24) is 0 Å². The van der Waals surface area contributed by atoms with Gasteiger partial charge in [0.15, 0.2) is 12.6 Å². The van der Waals surface area contributed by atoms with Crippen LogP contribution in [0.4, 0.5) is 0 Å². The Morgan fingerprint density at radius 1 is 0.737 bits per heavy atom. The lowest BCUT2D eigenvalue weighted by atomic mass is 9.86. The molecule has 0 bridgehead atoms. The molecule has 3 heterocycles. The van der Waals surface area contributed by atoms with Crippen molar-refractivity contribution in [2.75, 3.05) is 13.2 Å². The highest BCUT2D eigenvalue weighted by Crippen LogP contribution is 2.47. The summed E-state index contributed by atoms with van der Waals surface area (Å²) in [7, 11) is 0. The molecule has 2 saturated heterocycles. The van der Waals surface area contributed by atoms with Crippen LogP contribution in [0.5, 0.6) is 17.2 Å². The van der Waals surface area contributed by atoms with Gasteiger partial charge < -0.3 is 23.7 Å². The van der Waals surface area contributed by atoms with Crippen LogP contribution in [-0.2, 0) is 9.47 Å². The fraction of sp³-hybridized carbons (Fsp3) is 0.375. The highest BCUT2D eigenvalue weighted by atomic mass is 127. The Bertz CT molecular complexity index is 1270. The Kier molecular flexibility index (Phi) is 7.90. The Hall–Kier alpha value is -2.55. The van der Waals surface area contributed by atoms with Gasteiger partial charge in [0.1, 0.15) is 23.4 Å². The predicted octanol–water partition coefficient (Wildman–Crippen LogP) is 8.17. The molecular formula is C32H33IO5. The summed E-state index contributed by atoms with van der Waals surface area (Å²) in [5.74, 6) is 2.44. The lowest BCUT2D eigenvalue weighted by Crippen LogP contribution is -2.25. The molecule has 0 aliphatic carbocycles. The summed E-state index contributed by atoms with van der Waals surface area (Å²) in [4.78, 5) is 0. The third-order valence-electron chi connectivity index (χ3n) is 7.42. The van der Waals surface area contributed by atoms with Crippen molar-refractivity contribution >= 4 is 33.7 Å². The molecular weight excluding hydrogens is 591 g/mol. The standard InChI is InChI=1S/C32H33IO5/c1-21-27-17-16-26(37-30-7-3-5-19-35-30)20-28(27)38-32(23-8-12-24(33)13-9-23)31(21)22-10-14-25(15-11-22)36-29-6-2-4-18-34-29/h8-17,20,29-30,32H,2-7,18-19H2,1H3. The van der Waals surface area contributed by atoms with Crippen molar-refractivity contribution in [3.8, 4) is 17.2 Å². The molecule has 3 aliphatic heterocycles. The van der Waals surface area contributed by atoms with Crippen LogP contribution in [0.15, 0.2) is 66.7 Å². The maximum absolute atomic E-state index is 6.74. The highest BCUT2D eigenvalue weighted by molar-refractivity contribution is 14.1. The van der Waals surface area contributed by atoms with Gasteiger partial charge >= 0.3 is 0 Å². The zero-order valence-electron chi connectivity index (χ0n) is 21.7. The first-order valence-electron chi connectivity index (χ1n) is 13.6. The van der Waals surface area contributed by atoms with Crippen LogP contribution in [0.3, 0.4) is 0 Å². The van der Waals surface area contributed by atoms with Crippen LogP contribution in [-0.4, -0.2) is 25.8 Å². The molecule has 5 nitrogen and oxygen atoms in total. The van der Waals surface area contributed by atoms with E-state index < -0.39 is 0 Å². The van der Waals surface area contributed by atoms with Gasteiger partial charge in [-0.1, -0.05) is 24.3 Å². The average Bonchev–Trinajstić information content (AvgIpc) is 2.95. The summed E-state index contributed by atoms with van der Waals surface area (Å²) >= 11 is 2.34. The Balaban J connectivity index is 1.32. The van der Waals surface area contributed by atoms with E-state index in [0.717, 1.165) is 91.3 Å². The quantitative estimate of drug-likeness (QED) is 0.259. The van der Waals surface area contributed by atoms with Crippen molar-refractivity contribution in [2.24, 2.45) is 0 Å². The lowest BCUT2D eigenvalue weighted by Gasteiger charge is -2.32. The topological polar surface area (TPSA) is 46.2 Å². The second-order valence-electron chi connectivity index (χ2n) is 10.1. The summed E-state index contributed by atoms with van der Waals surface area (Å²) < 4.78 is 31.7. The van der Waals surface area contributed by atoms with Crippen molar-refractivity contribution in [2.45, 2.75) is 64.1 Å². The molecule has 3 aliphatic rings. The number of hydrogen-bond donors (Lipinski definition) is 0. The van der Waals surface area contributed by atoms with E-state index in [1.807, 2.05) is 24.3 Å². The third kappa shape index (κ3) is 5.72. The molecule has 0 spiro atoms. The van der Waals surface area contributed by atoms with Crippen molar-refractivity contribution < 1.29 is 23.7 Å². The summed E-state index contributed by atoms with van der Waals surface area (Å²) in [5.41, 5.74) is 5.66. The van der Waals surface area contributed by atoms with E-state index in [-0.39, 0.29) is 18.7 Å². The molecule has 2 fully saturated rings. The van der Waals surface area contributed by atoms with E-state index in [0.29, 0.717) is 0 Å². The smallest absolute Gasteiger partial charge is 0.199 e. The molecule has 38 heavy (non-hydrogen) atoms. The largest absolute Gasteiger partial charge is 0.480 e. The van der Waals surface area contributed by atoms with E-state index in [1.165, 1.54) is 9.14 Å². The zero-order chi connectivity index (χ0) is 25.9. The molecule has 0 N–H and O–H groups in total. The monoisotopic (exact) mass is 624 g/mol. The number of fused-ring (bicyclic) bond motifs is 1. The minimum Gasteiger partial charge on any atom is -0.480 e. The minimum absolute atomic E-state index is 0.157. The van der Waals surface area contributed by atoms with Crippen LogP contribution in [0.2, 0.25) is 0 Å². The van der Waals surface area contributed by atoms with Gasteiger partial charge in [0, 0.05) is 33.6 Å². The molecule has 198 valence electrons. The van der Waals surface area contributed by atoms with E-state index in [9.17, 15) is 0 Å². The number of ether oxygens (including phenoxy) is 5. The molecule has 6 heteroatoms. The van der Waals surface area contributed by atoms with E-state index in [1.54, 1.807) is 0 Å². The summed E-state index contributed by atoms with van der Waals surface area (Å²) in [6, 6.07) is 23.0. The fourth-order valence-corrected chi connectivity index (χ4v) is 5.74. The first kappa shape index (κ1) is 25.7. The molecule has 3 aromatic carbocycles. The van der Waals surface area contributed by atoms with Crippen molar-refractivity contribution in [3.05, 3.63) is 87.0 Å². The summed E-state index contributed by atoms with van der Waals surface area (Å²) in [6.45, 7) is 3.70. The highest BCUT2D eigenvalue weighted by Gasteiger charge is 2.30. The minimum atomic E-state index is -0.242. The van der Waals surface area contributed by atoms with Gasteiger partial charge in [-0.3, -0.25) is 0 Å². The SMILES string of the molecule is CC1=C(c2ccc(OC3CCCCO3)cc2)C(c2ccc(I)cc2)Oc2cc(OC3CCCCO3)ccc21. The molecule has 3 aromatic rings. The average molecular weight is 625 g/mol. The zero-order valence-corrected chi connectivity index (χ0v) is 23.8. The molecule has 0 amide bonds. The van der Waals surface area contributed by atoms with E-state index in [2.05, 4.69) is 72.0 Å². The first-order valence-corrected chi connectivity index (χ1v) is 14.7. The molecule has 0 aromatic heterocycles. The Morgan fingerprint density at radius 2 is 1.37 bits per heavy atom. The number of rotatable bonds is 6. The van der Waals surface area contributed by atoms with Crippen molar-refractivity contribution in [1.29, 1.82) is 0 Å². The summed E-state index contributed by atoms with van der Waals surface area (Å²) in [5, 5.41) is 0. The first-order chi connectivity index (χ1) is 18.6. The van der Waals surface area contributed by atoms with Crippen LogP contribution in [0.1, 0.15) is 68.2 Å². The van der Waals surface area contributed by atoms with E-state index in [4.69, 9.17) is 23.7 Å². The number of benzene rings is 3. The number of allylic oxidation sites excluding steroid dienone is 1.